The van der Waals surface area contributed by atoms with Crippen LogP contribution in [0.2, 0.25) is 0 Å². The Kier molecular flexibility index (Phi) is 6.03. The minimum Gasteiger partial charge on any atom is -0.361 e. The van der Waals surface area contributed by atoms with Crippen molar-refractivity contribution in [2.75, 3.05) is 26.2 Å². The average molecular weight is 412 g/mol. The van der Waals surface area contributed by atoms with Crippen LogP contribution in [0.15, 0.2) is 30.5 Å². The molecule has 2 aliphatic rings. The lowest BCUT2D eigenvalue weighted by atomic mass is 10.1. The van der Waals surface area contributed by atoms with Gasteiger partial charge in [0.2, 0.25) is 5.91 Å². The van der Waals surface area contributed by atoms with Crippen LogP contribution in [0.3, 0.4) is 0 Å². The van der Waals surface area contributed by atoms with E-state index in [0.717, 1.165) is 42.4 Å². The van der Waals surface area contributed by atoms with Gasteiger partial charge in [0.15, 0.2) is 0 Å². The number of carbonyl (C=O) groups is 3. The average Bonchev–Trinajstić information content (AvgIpc) is 3.44. The number of urea groups is 1. The van der Waals surface area contributed by atoms with Gasteiger partial charge in [0, 0.05) is 36.2 Å². The van der Waals surface area contributed by atoms with Crippen molar-refractivity contribution in [3.8, 4) is 0 Å². The van der Waals surface area contributed by atoms with Gasteiger partial charge in [-0.2, -0.15) is 0 Å². The van der Waals surface area contributed by atoms with E-state index in [9.17, 15) is 14.4 Å². The SMILES string of the molecule is CCN1CCC[C@H]1CNC(=O)C[C@@H]1NC(=O)N(CCc2c[nH]c3ccccc23)C1=O. The van der Waals surface area contributed by atoms with Gasteiger partial charge < -0.3 is 15.6 Å². The van der Waals surface area contributed by atoms with E-state index in [1.165, 1.54) is 4.90 Å². The van der Waals surface area contributed by atoms with Crippen LogP contribution in [-0.2, 0) is 16.0 Å². The van der Waals surface area contributed by atoms with Crippen molar-refractivity contribution >= 4 is 28.7 Å². The monoisotopic (exact) mass is 411 g/mol. The molecule has 4 amide bonds. The predicted molar refractivity (Wildman–Crippen MR) is 114 cm³/mol. The second-order valence-corrected chi connectivity index (χ2v) is 8.03. The van der Waals surface area contributed by atoms with Crippen LogP contribution >= 0.6 is 0 Å². The van der Waals surface area contributed by atoms with Crippen LogP contribution in [0, 0.1) is 0 Å². The molecule has 1 aromatic carbocycles. The van der Waals surface area contributed by atoms with Gasteiger partial charge in [-0.1, -0.05) is 25.1 Å². The number of aromatic amines is 1. The lowest BCUT2D eigenvalue weighted by Crippen LogP contribution is -2.42. The molecule has 3 heterocycles. The molecule has 2 fully saturated rings. The number of imide groups is 1. The van der Waals surface area contributed by atoms with Crippen molar-refractivity contribution in [1.29, 1.82) is 0 Å². The van der Waals surface area contributed by atoms with E-state index in [2.05, 4.69) is 27.4 Å². The van der Waals surface area contributed by atoms with Crippen molar-refractivity contribution < 1.29 is 14.4 Å². The van der Waals surface area contributed by atoms with Crippen molar-refractivity contribution in [3.05, 3.63) is 36.0 Å². The number of nitrogens with zero attached hydrogens (tertiary/aromatic N) is 2. The zero-order valence-corrected chi connectivity index (χ0v) is 17.3. The molecule has 2 atom stereocenters. The summed E-state index contributed by atoms with van der Waals surface area (Å²) in [5.74, 6) is -0.527. The van der Waals surface area contributed by atoms with Crippen molar-refractivity contribution in [2.24, 2.45) is 0 Å². The Morgan fingerprint density at radius 2 is 2.10 bits per heavy atom. The summed E-state index contributed by atoms with van der Waals surface area (Å²) in [6, 6.07) is 7.09. The third-order valence-electron chi connectivity index (χ3n) is 6.22. The summed E-state index contributed by atoms with van der Waals surface area (Å²) < 4.78 is 0. The molecule has 0 radical (unpaired) electrons. The number of fused-ring (bicyclic) bond motifs is 1. The van der Waals surface area contributed by atoms with Crippen molar-refractivity contribution in [1.82, 2.24) is 25.4 Å². The van der Waals surface area contributed by atoms with Crippen LogP contribution in [0.4, 0.5) is 4.79 Å². The van der Waals surface area contributed by atoms with Crippen molar-refractivity contribution in [3.63, 3.8) is 0 Å². The number of hydrogen-bond donors (Lipinski definition) is 3. The molecular weight excluding hydrogens is 382 g/mol. The predicted octanol–water partition coefficient (Wildman–Crippen LogP) is 1.62. The second-order valence-electron chi connectivity index (χ2n) is 8.03. The van der Waals surface area contributed by atoms with Gasteiger partial charge in [0.1, 0.15) is 6.04 Å². The molecule has 2 saturated heterocycles. The molecule has 8 nitrogen and oxygen atoms in total. The first-order valence-electron chi connectivity index (χ1n) is 10.7. The van der Waals surface area contributed by atoms with E-state index in [0.29, 0.717) is 19.0 Å². The number of rotatable bonds is 8. The van der Waals surface area contributed by atoms with E-state index < -0.39 is 12.1 Å². The number of amides is 4. The minimum atomic E-state index is -0.786. The molecule has 2 aliphatic heterocycles. The highest BCUT2D eigenvalue weighted by atomic mass is 16.2. The summed E-state index contributed by atoms with van der Waals surface area (Å²) in [5, 5.41) is 6.68. The molecule has 0 bridgehead atoms. The Bertz CT molecular complexity index is 940. The second kappa shape index (κ2) is 8.87. The summed E-state index contributed by atoms with van der Waals surface area (Å²) in [4.78, 5) is 44.1. The first-order chi connectivity index (χ1) is 14.6. The maximum atomic E-state index is 12.7. The highest BCUT2D eigenvalue weighted by Gasteiger charge is 2.38. The normalized spacial score (nSPS) is 22.1. The van der Waals surface area contributed by atoms with Gasteiger partial charge in [-0.15, -0.1) is 0 Å². The molecule has 8 heteroatoms. The molecular formula is C22H29N5O3. The summed E-state index contributed by atoms with van der Waals surface area (Å²) in [5.41, 5.74) is 2.09. The summed E-state index contributed by atoms with van der Waals surface area (Å²) in [6.07, 6.45) is 4.69. The van der Waals surface area contributed by atoms with Crippen LogP contribution in [-0.4, -0.2) is 70.9 Å². The molecule has 1 aromatic heterocycles. The molecule has 3 N–H and O–H groups in total. The molecule has 160 valence electrons. The highest BCUT2D eigenvalue weighted by molar-refractivity contribution is 6.05. The Hall–Kier alpha value is -2.87. The van der Waals surface area contributed by atoms with Crippen molar-refractivity contribution in [2.45, 2.75) is 44.7 Å². The van der Waals surface area contributed by atoms with Gasteiger partial charge in [-0.05, 0) is 44.0 Å². The molecule has 0 unspecified atom stereocenters. The number of nitrogens with one attached hydrogen (secondary N) is 3. The van der Waals surface area contributed by atoms with E-state index in [1.54, 1.807) is 0 Å². The summed E-state index contributed by atoms with van der Waals surface area (Å²) >= 11 is 0. The van der Waals surface area contributed by atoms with Crippen LogP contribution < -0.4 is 10.6 Å². The zero-order valence-electron chi connectivity index (χ0n) is 17.3. The number of likely N-dealkylation sites (tertiary alicyclic amines) is 1. The number of H-pyrrole nitrogens is 1. The summed E-state index contributed by atoms with van der Waals surface area (Å²) in [6.45, 7) is 5.05. The van der Waals surface area contributed by atoms with E-state index in [4.69, 9.17) is 0 Å². The van der Waals surface area contributed by atoms with Crippen LogP contribution in [0.5, 0.6) is 0 Å². The van der Waals surface area contributed by atoms with Gasteiger partial charge >= 0.3 is 6.03 Å². The van der Waals surface area contributed by atoms with Gasteiger partial charge in [-0.3, -0.25) is 19.4 Å². The third kappa shape index (κ3) is 4.18. The van der Waals surface area contributed by atoms with E-state index >= 15 is 0 Å². The fourth-order valence-electron chi connectivity index (χ4n) is 4.53. The van der Waals surface area contributed by atoms with Gasteiger partial charge in [-0.25, -0.2) is 4.79 Å². The molecule has 2 aromatic rings. The number of hydrogen-bond acceptors (Lipinski definition) is 4. The largest absolute Gasteiger partial charge is 0.361 e. The Morgan fingerprint density at radius 1 is 1.27 bits per heavy atom. The summed E-state index contributed by atoms with van der Waals surface area (Å²) in [7, 11) is 0. The number of likely N-dealkylation sites (N-methyl/N-ethyl adjacent to an activating group) is 1. The first kappa shape index (κ1) is 20.4. The van der Waals surface area contributed by atoms with Gasteiger partial charge in [0.05, 0.1) is 6.42 Å². The lowest BCUT2D eigenvalue weighted by Gasteiger charge is -2.23. The first-order valence-corrected chi connectivity index (χ1v) is 10.7. The molecule has 0 saturated carbocycles. The number of benzene rings is 1. The van der Waals surface area contributed by atoms with E-state index in [-0.39, 0.29) is 24.8 Å². The highest BCUT2D eigenvalue weighted by Crippen LogP contribution is 2.20. The molecule has 30 heavy (non-hydrogen) atoms. The molecule has 0 aliphatic carbocycles. The number of carbonyl (C=O) groups excluding carboxylic acids is 3. The third-order valence-corrected chi connectivity index (χ3v) is 6.22. The lowest BCUT2D eigenvalue weighted by molar-refractivity contribution is -0.130. The maximum absolute atomic E-state index is 12.7. The Labute approximate surface area is 176 Å². The zero-order chi connectivity index (χ0) is 21.1. The smallest absolute Gasteiger partial charge is 0.324 e. The van der Waals surface area contributed by atoms with Gasteiger partial charge in [0.25, 0.3) is 5.91 Å². The Morgan fingerprint density at radius 3 is 2.93 bits per heavy atom. The fraction of sp³-hybridized carbons (Fsp3) is 0.500. The van der Waals surface area contributed by atoms with Crippen LogP contribution in [0.1, 0.15) is 31.7 Å². The quantitative estimate of drug-likeness (QED) is 0.575. The van der Waals surface area contributed by atoms with E-state index in [1.807, 2.05) is 30.5 Å². The minimum absolute atomic E-state index is 0.0208. The molecule has 0 spiro atoms. The van der Waals surface area contributed by atoms with Crippen LogP contribution in [0.25, 0.3) is 10.9 Å². The Balaban J connectivity index is 1.28. The number of para-hydroxylation sites is 1. The topological polar surface area (TPSA) is 97.5 Å². The fourth-order valence-corrected chi connectivity index (χ4v) is 4.53. The molecule has 4 rings (SSSR count). The maximum Gasteiger partial charge on any atom is 0.324 e. The standard InChI is InChI=1S/C22H29N5O3/c1-2-26-10-5-6-16(26)14-24-20(28)12-19-21(29)27(22(30)25-19)11-9-15-13-23-18-8-4-3-7-17(15)18/h3-4,7-8,13,16,19,23H,2,5-6,9-12,14H2,1H3,(H,24,28)(H,25,30)/t16-,19-/m0/s1. The number of aromatic nitrogens is 1.